The molecule has 0 spiro atoms. The highest BCUT2D eigenvalue weighted by Gasteiger charge is 2.16. The lowest BCUT2D eigenvalue weighted by Crippen LogP contribution is -3.09. The molecule has 0 saturated carbocycles. The molecule has 0 fully saturated rings. The van der Waals surface area contributed by atoms with Crippen molar-refractivity contribution in [3.05, 3.63) is 64.2 Å². The topological polar surface area (TPSA) is 64.5 Å². The first kappa shape index (κ1) is 19.2. The van der Waals surface area contributed by atoms with E-state index in [2.05, 4.69) is 10.4 Å². The number of quaternary nitrogens is 1. The van der Waals surface area contributed by atoms with Crippen molar-refractivity contribution in [2.75, 3.05) is 18.9 Å². The number of hydrogen-bond donors (Lipinski definition) is 2. The largest absolute Gasteiger partial charge is 0.409 e. The van der Waals surface area contributed by atoms with E-state index in [0.717, 1.165) is 4.90 Å². The molecule has 3 aromatic rings. The van der Waals surface area contributed by atoms with Crippen LogP contribution in [0.2, 0.25) is 5.02 Å². The van der Waals surface area contributed by atoms with Crippen molar-refractivity contribution < 1.29 is 18.5 Å². The van der Waals surface area contributed by atoms with Gasteiger partial charge in [0.05, 0.1) is 23.3 Å². The number of benzene rings is 2. The Balaban J connectivity index is 1.65. The molecule has 1 amide bonds. The Kier molecular flexibility index (Phi) is 6.00. The molecule has 9 heteroatoms. The van der Waals surface area contributed by atoms with Crippen LogP contribution >= 0.6 is 23.8 Å². The molecule has 0 aliphatic carbocycles. The van der Waals surface area contributed by atoms with Crippen molar-refractivity contribution in [1.82, 2.24) is 9.78 Å². The molecule has 0 radical (unpaired) electrons. The lowest BCUT2D eigenvalue weighted by Gasteiger charge is -2.13. The second-order valence-electron chi connectivity index (χ2n) is 5.97. The quantitative estimate of drug-likeness (QED) is 0.617. The van der Waals surface area contributed by atoms with Crippen molar-refractivity contribution in [2.24, 2.45) is 0 Å². The van der Waals surface area contributed by atoms with Gasteiger partial charge < -0.3 is 14.6 Å². The van der Waals surface area contributed by atoms with E-state index < -0.39 is 5.82 Å². The average molecular weight is 408 g/mol. The maximum absolute atomic E-state index is 13.9. The number of para-hydroxylation sites is 1. The smallest absolute Gasteiger partial charge is 0.292 e. The van der Waals surface area contributed by atoms with Crippen molar-refractivity contribution in [2.45, 2.75) is 6.67 Å². The lowest BCUT2D eigenvalue weighted by molar-refractivity contribution is -0.895. The van der Waals surface area contributed by atoms with Crippen molar-refractivity contribution >= 4 is 35.4 Å². The number of carbonyl (C=O) groups is 1. The molecule has 0 bridgehead atoms. The third-order valence-electron chi connectivity index (χ3n) is 3.74. The number of halogens is 2. The Bertz CT molecular complexity index is 1020. The zero-order valence-electron chi connectivity index (χ0n) is 14.4. The third kappa shape index (κ3) is 4.79. The van der Waals surface area contributed by atoms with Crippen LogP contribution in [-0.4, -0.2) is 29.3 Å². The molecule has 1 unspecified atom stereocenters. The van der Waals surface area contributed by atoms with Gasteiger partial charge in [0.1, 0.15) is 5.82 Å². The molecular formula is C18H17ClFN4O2S+. The molecule has 1 atom stereocenters. The van der Waals surface area contributed by atoms with Gasteiger partial charge in [-0.25, -0.2) is 4.39 Å². The van der Waals surface area contributed by atoms with E-state index in [9.17, 15) is 9.18 Å². The molecule has 2 N–H and O–H groups in total. The van der Waals surface area contributed by atoms with Crippen molar-refractivity contribution in [1.29, 1.82) is 0 Å². The van der Waals surface area contributed by atoms with Crippen LogP contribution in [0.3, 0.4) is 0 Å². The van der Waals surface area contributed by atoms with Crippen LogP contribution in [0.5, 0.6) is 0 Å². The maximum Gasteiger partial charge on any atom is 0.292 e. The van der Waals surface area contributed by atoms with Gasteiger partial charge in [-0.3, -0.25) is 4.79 Å². The van der Waals surface area contributed by atoms with Gasteiger partial charge >= 0.3 is 0 Å². The number of amides is 1. The Morgan fingerprint density at radius 3 is 2.74 bits per heavy atom. The number of anilines is 1. The first-order valence-corrected chi connectivity index (χ1v) is 8.91. The van der Waals surface area contributed by atoms with Crippen LogP contribution in [0.4, 0.5) is 10.1 Å². The molecule has 0 saturated heterocycles. The normalized spacial score (nSPS) is 12.0. The summed E-state index contributed by atoms with van der Waals surface area (Å²) < 4.78 is 20.7. The Morgan fingerprint density at radius 1 is 1.30 bits per heavy atom. The zero-order valence-corrected chi connectivity index (χ0v) is 16.0. The van der Waals surface area contributed by atoms with E-state index in [1.807, 2.05) is 7.05 Å². The minimum atomic E-state index is -0.444. The van der Waals surface area contributed by atoms with Crippen molar-refractivity contribution in [3.63, 3.8) is 0 Å². The number of rotatable bonds is 6. The highest BCUT2D eigenvalue weighted by molar-refractivity contribution is 7.71. The fourth-order valence-electron chi connectivity index (χ4n) is 2.49. The van der Waals surface area contributed by atoms with E-state index in [1.165, 1.54) is 10.7 Å². The molecule has 27 heavy (non-hydrogen) atoms. The highest BCUT2D eigenvalue weighted by atomic mass is 35.5. The Labute approximate surface area is 165 Å². The lowest BCUT2D eigenvalue weighted by atomic mass is 10.2. The third-order valence-corrected chi connectivity index (χ3v) is 4.36. The molecular weight excluding hydrogens is 391 g/mol. The predicted molar refractivity (Wildman–Crippen MR) is 103 cm³/mol. The van der Waals surface area contributed by atoms with E-state index in [4.69, 9.17) is 28.2 Å². The minimum absolute atomic E-state index is 0.103. The summed E-state index contributed by atoms with van der Waals surface area (Å²) >= 11 is 11.2. The maximum atomic E-state index is 13.9. The van der Waals surface area contributed by atoms with Gasteiger partial charge in [-0.15, -0.1) is 5.10 Å². The van der Waals surface area contributed by atoms with Gasteiger partial charge in [0.15, 0.2) is 13.2 Å². The van der Waals surface area contributed by atoms with E-state index in [-0.39, 0.29) is 35.4 Å². The molecule has 3 rings (SSSR count). The summed E-state index contributed by atoms with van der Waals surface area (Å²) in [6, 6.07) is 13.2. The number of aromatic nitrogens is 2. The van der Waals surface area contributed by atoms with Crippen LogP contribution in [0.1, 0.15) is 0 Å². The molecule has 0 aliphatic rings. The summed E-state index contributed by atoms with van der Waals surface area (Å²) in [5.41, 5.74) is 0.785. The van der Waals surface area contributed by atoms with Crippen LogP contribution in [0.25, 0.3) is 11.5 Å². The Hall–Kier alpha value is -2.55. The number of carbonyl (C=O) groups excluding carboxylic acids is 1. The minimum Gasteiger partial charge on any atom is -0.409 e. The van der Waals surface area contributed by atoms with Gasteiger partial charge in [-0.05, 0) is 36.5 Å². The average Bonchev–Trinajstić information content (AvgIpc) is 2.97. The summed E-state index contributed by atoms with van der Waals surface area (Å²) in [5.74, 6) is -0.544. The van der Waals surface area contributed by atoms with Crippen LogP contribution in [0.15, 0.2) is 52.9 Å². The fraction of sp³-hybridized carbons (Fsp3) is 0.167. The molecule has 140 valence electrons. The van der Waals surface area contributed by atoms with Gasteiger partial charge in [0.25, 0.3) is 10.7 Å². The highest BCUT2D eigenvalue weighted by Crippen LogP contribution is 2.21. The second-order valence-corrected chi connectivity index (χ2v) is 6.73. The van der Waals surface area contributed by atoms with E-state index in [0.29, 0.717) is 10.7 Å². The molecule has 1 aromatic heterocycles. The van der Waals surface area contributed by atoms with Gasteiger partial charge in [0, 0.05) is 0 Å². The van der Waals surface area contributed by atoms with E-state index in [1.54, 1.807) is 42.5 Å². The molecule has 2 aromatic carbocycles. The zero-order chi connectivity index (χ0) is 19.4. The van der Waals surface area contributed by atoms with Gasteiger partial charge in [0.2, 0.25) is 5.89 Å². The summed E-state index contributed by atoms with van der Waals surface area (Å²) in [6.07, 6.45) is 0. The number of hydrogen-bond acceptors (Lipinski definition) is 4. The fourth-order valence-corrected chi connectivity index (χ4v) is 2.86. The number of nitrogens with one attached hydrogen (secondary N) is 2. The summed E-state index contributed by atoms with van der Waals surface area (Å²) in [7, 11) is 1.81. The molecule has 6 nitrogen and oxygen atoms in total. The predicted octanol–water partition coefficient (Wildman–Crippen LogP) is 2.78. The first-order chi connectivity index (χ1) is 12.9. The van der Waals surface area contributed by atoms with E-state index >= 15 is 0 Å². The molecule has 1 heterocycles. The number of likely N-dealkylation sites (N-methyl/N-ethyl adjacent to an activating group) is 1. The first-order valence-electron chi connectivity index (χ1n) is 8.12. The summed E-state index contributed by atoms with van der Waals surface area (Å²) in [4.78, 5) is 13.1. The van der Waals surface area contributed by atoms with Gasteiger partial charge in [-0.1, -0.05) is 35.9 Å². The van der Waals surface area contributed by atoms with Crippen LogP contribution < -0.4 is 10.2 Å². The Morgan fingerprint density at radius 2 is 2.00 bits per heavy atom. The SMILES string of the molecule is C[NH+](CC(=O)Nc1ccccc1Cl)Cn1nc(-c2ccccc2F)oc1=S. The number of nitrogens with zero attached hydrogens (tertiary/aromatic N) is 2. The monoisotopic (exact) mass is 407 g/mol. The second kappa shape index (κ2) is 8.43. The van der Waals surface area contributed by atoms with Crippen molar-refractivity contribution in [3.8, 4) is 11.5 Å². The standard InChI is InChI=1S/C18H16ClFN4O2S/c1-23(10-16(25)21-15-9-5-3-7-13(15)19)11-24-18(27)26-17(22-24)12-6-2-4-8-14(12)20/h2-9H,10-11H2,1H3,(H,21,25)/p+1. The van der Waals surface area contributed by atoms with Crippen LogP contribution in [0, 0.1) is 10.7 Å². The van der Waals surface area contributed by atoms with Gasteiger partial charge in [-0.2, -0.15) is 4.68 Å². The summed E-state index contributed by atoms with van der Waals surface area (Å²) in [5, 5.41) is 7.45. The summed E-state index contributed by atoms with van der Waals surface area (Å²) in [6.45, 7) is 0.446. The molecule has 0 aliphatic heterocycles. The van der Waals surface area contributed by atoms with Crippen LogP contribution in [-0.2, 0) is 11.5 Å².